The molecule has 11 heteroatoms. The predicted molar refractivity (Wildman–Crippen MR) is 152 cm³/mol. The highest BCUT2D eigenvalue weighted by Gasteiger charge is 2.41. The van der Waals surface area contributed by atoms with Gasteiger partial charge in [0.1, 0.15) is 11.3 Å². The highest BCUT2D eigenvalue weighted by molar-refractivity contribution is 5.89. The first kappa shape index (κ1) is 27.6. The zero-order valence-corrected chi connectivity index (χ0v) is 23.0. The van der Waals surface area contributed by atoms with E-state index in [1.165, 1.54) is 0 Å². The van der Waals surface area contributed by atoms with Crippen molar-refractivity contribution in [3.8, 4) is 11.4 Å². The Morgan fingerprint density at radius 1 is 1.26 bits per heavy atom. The van der Waals surface area contributed by atoms with Gasteiger partial charge >= 0.3 is 6.03 Å². The van der Waals surface area contributed by atoms with E-state index in [9.17, 15) is 9.90 Å². The largest absolute Gasteiger partial charge is 0.381 e. The number of hydrogen-bond acceptors (Lipinski definition) is 9. The Hall–Kier alpha value is -3.41. The van der Waals surface area contributed by atoms with Crippen molar-refractivity contribution in [2.45, 2.75) is 39.3 Å². The minimum atomic E-state index is -0.961. The van der Waals surface area contributed by atoms with Crippen molar-refractivity contribution in [1.29, 1.82) is 0 Å². The third kappa shape index (κ3) is 5.69. The Morgan fingerprint density at radius 3 is 2.58 bits per heavy atom. The number of carbonyl (C=O) groups excluding carboxylic acids is 1. The second-order valence-electron chi connectivity index (χ2n) is 9.65. The molecule has 38 heavy (non-hydrogen) atoms. The van der Waals surface area contributed by atoms with E-state index in [1.807, 2.05) is 63.1 Å². The number of ether oxygens (including phenoxy) is 1. The van der Waals surface area contributed by atoms with Gasteiger partial charge in [-0.25, -0.2) is 14.8 Å². The first-order valence-electron chi connectivity index (χ1n) is 13.3. The van der Waals surface area contributed by atoms with Crippen molar-refractivity contribution in [2.24, 2.45) is 0 Å². The fourth-order valence-corrected chi connectivity index (χ4v) is 4.86. The van der Waals surface area contributed by atoms with E-state index in [0.717, 1.165) is 22.8 Å². The van der Waals surface area contributed by atoms with Gasteiger partial charge in [0.2, 0.25) is 0 Å². The summed E-state index contributed by atoms with van der Waals surface area (Å²) < 4.78 is 5.71. The monoisotopic (exact) mass is 524 g/mol. The number of morpholine rings is 1. The third-order valence-corrected chi connectivity index (χ3v) is 6.87. The number of anilines is 4. The predicted octanol–water partition coefficient (Wildman–Crippen LogP) is 2.62. The van der Waals surface area contributed by atoms with Gasteiger partial charge < -0.3 is 40.9 Å². The smallest absolute Gasteiger partial charge is 0.319 e. The van der Waals surface area contributed by atoms with Gasteiger partial charge in [-0.15, -0.1) is 0 Å². The lowest BCUT2D eigenvalue weighted by Crippen LogP contribution is -2.63. The van der Waals surface area contributed by atoms with Crippen molar-refractivity contribution < 1.29 is 14.6 Å². The number of β-amino-alcohol motifs (C(OH)–C–C–N with tert-alkyl or cyclic N) is 1. The molecule has 206 valence electrons. The highest BCUT2D eigenvalue weighted by atomic mass is 16.5. The van der Waals surface area contributed by atoms with Gasteiger partial charge in [0.05, 0.1) is 19.3 Å². The summed E-state index contributed by atoms with van der Waals surface area (Å²) in [6, 6.07) is 7.37. The second kappa shape index (κ2) is 12.0. The second-order valence-corrected chi connectivity index (χ2v) is 9.65. The van der Waals surface area contributed by atoms with Gasteiger partial charge in [-0.05, 0) is 52.0 Å². The average Bonchev–Trinajstić information content (AvgIpc) is 2.89. The molecule has 11 nitrogen and oxygen atoms in total. The van der Waals surface area contributed by atoms with Crippen LogP contribution in [0.15, 0.2) is 36.0 Å². The molecule has 2 fully saturated rings. The summed E-state index contributed by atoms with van der Waals surface area (Å²) in [6.45, 7) is 12.1. The number of aliphatic hydroxyl groups is 1. The van der Waals surface area contributed by atoms with Gasteiger partial charge in [0.15, 0.2) is 17.5 Å². The molecule has 2 aromatic rings. The van der Waals surface area contributed by atoms with Gasteiger partial charge in [-0.3, -0.25) is 0 Å². The molecule has 1 unspecified atom stereocenters. The zero-order valence-electron chi connectivity index (χ0n) is 23.0. The normalized spacial score (nSPS) is 18.9. The standard InChI is InChI=1S/C27H40N8O3/c1-6-21(27(37)16-28-17-27)34(5)24-22(29-7-2)25(35-13-14-38-15-18(35)4)33-23(32-24)19-9-11-20(12-10-19)31-26(36)30-8-3/h6,9-12,18,28-29,37H,7-8,13-17H2,1-5H3,(H2,30,31,36). The topological polar surface area (TPSA) is 127 Å². The molecule has 2 saturated heterocycles. The molecule has 1 aromatic heterocycles. The number of carbonyl (C=O) groups is 1. The number of aromatic nitrogens is 2. The Kier molecular flexibility index (Phi) is 8.70. The molecule has 1 atom stereocenters. The van der Waals surface area contributed by atoms with Crippen molar-refractivity contribution in [1.82, 2.24) is 20.6 Å². The molecule has 2 aliphatic heterocycles. The summed E-state index contributed by atoms with van der Waals surface area (Å²) >= 11 is 0. The Labute approximate surface area is 224 Å². The molecule has 3 heterocycles. The first-order chi connectivity index (χ1) is 18.3. The van der Waals surface area contributed by atoms with Crippen LogP contribution < -0.4 is 31.1 Å². The van der Waals surface area contributed by atoms with Crippen LogP contribution in [0.5, 0.6) is 0 Å². The van der Waals surface area contributed by atoms with E-state index < -0.39 is 5.60 Å². The lowest BCUT2D eigenvalue weighted by atomic mass is 9.91. The van der Waals surface area contributed by atoms with Crippen LogP contribution in [0.1, 0.15) is 27.7 Å². The molecule has 1 aromatic carbocycles. The zero-order chi connectivity index (χ0) is 27.3. The number of likely N-dealkylation sites (N-methyl/N-ethyl adjacent to an activating group) is 1. The van der Waals surface area contributed by atoms with E-state index in [4.69, 9.17) is 14.7 Å². The summed E-state index contributed by atoms with van der Waals surface area (Å²) in [5.74, 6) is 2.04. The number of hydrogen-bond donors (Lipinski definition) is 5. The number of nitrogens with zero attached hydrogens (tertiary/aromatic N) is 4. The number of nitrogens with one attached hydrogen (secondary N) is 4. The summed E-state index contributed by atoms with van der Waals surface area (Å²) in [5, 5.41) is 23.4. The van der Waals surface area contributed by atoms with Crippen LogP contribution in [0.2, 0.25) is 0 Å². The lowest BCUT2D eigenvalue weighted by Gasteiger charge is -2.43. The summed E-state index contributed by atoms with van der Waals surface area (Å²) in [7, 11) is 1.93. The molecule has 2 amide bonds. The van der Waals surface area contributed by atoms with E-state index in [2.05, 4.69) is 33.1 Å². The number of amides is 2. The molecular weight excluding hydrogens is 484 g/mol. The molecule has 5 N–H and O–H groups in total. The Bertz CT molecular complexity index is 1150. The molecule has 0 spiro atoms. The number of allylic oxidation sites excluding steroid dienone is 1. The molecule has 0 bridgehead atoms. The maximum atomic E-state index is 11.9. The van der Waals surface area contributed by atoms with Gasteiger partial charge in [-0.2, -0.15) is 0 Å². The van der Waals surface area contributed by atoms with Crippen LogP contribution in [0.3, 0.4) is 0 Å². The quantitative estimate of drug-likeness (QED) is 0.336. The first-order valence-corrected chi connectivity index (χ1v) is 13.3. The Morgan fingerprint density at radius 2 is 2.00 bits per heavy atom. The number of rotatable bonds is 9. The minimum absolute atomic E-state index is 0.131. The highest BCUT2D eigenvalue weighted by Crippen LogP contribution is 2.39. The SMILES string of the molecule is CC=C(N(C)c1nc(-c2ccc(NC(=O)NCC)cc2)nc(N2CCOCC2C)c1NCC)C1(O)CNC1. The van der Waals surface area contributed by atoms with Crippen LogP contribution in [-0.4, -0.2) is 85.7 Å². The molecule has 0 radical (unpaired) electrons. The van der Waals surface area contributed by atoms with Crippen molar-refractivity contribution in [3.63, 3.8) is 0 Å². The van der Waals surface area contributed by atoms with Crippen LogP contribution in [0.4, 0.5) is 27.8 Å². The van der Waals surface area contributed by atoms with E-state index in [0.29, 0.717) is 63.3 Å². The van der Waals surface area contributed by atoms with Crippen LogP contribution in [0.25, 0.3) is 11.4 Å². The fourth-order valence-electron chi connectivity index (χ4n) is 4.86. The average molecular weight is 525 g/mol. The maximum absolute atomic E-state index is 11.9. The van der Waals surface area contributed by atoms with Gasteiger partial charge in [-0.1, -0.05) is 6.08 Å². The fraction of sp³-hybridized carbons (Fsp3) is 0.519. The molecule has 4 rings (SSSR count). The van der Waals surface area contributed by atoms with Crippen molar-refractivity contribution >= 4 is 29.0 Å². The molecule has 0 saturated carbocycles. The van der Waals surface area contributed by atoms with E-state index in [-0.39, 0.29) is 12.1 Å². The molecule has 0 aliphatic carbocycles. The van der Waals surface area contributed by atoms with Crippen LogP contribution >= 0.6 is 0 Å². The van der Waals surface area contributed by atoms with Crippen molar-refractivity contribution in [2.75, 3.05) is 73.4 Å². The number of benzene rings is 1. The van der Waals surface area contributed by atoms with Crippen LogP contribution in [0, 0.1) is 0 Å². The van der Waals surface area contributed by atoms with Gasteiger partial charge in [0, 0.05) is 56.7 Å². The van der Waals surface area contributed by atoms with Gasteiger partial charge in [0.25, 0.3) is 0 Å². The summed E-state index contributed by atoms with van der Waals surface area (Å²) in [4.78, 5) is 26.2. The summed E-state index contributed by atoms with van der Waals surface area (Å²) in [6.07, 6.45) is 1.94. The number of urea groups is 1. The van der Waals surface area contributed by atoms with E-state index in [1.54, 1.807) is 0 Å². The molecular formula is C27H40N8O3. The van der Waals surface area contributed by atoms with Crippen LogP contribution in [-0.2, 0) is 4.74 Å². The van der Waals surface area contributed by atoms with Crippen molar-refractivity contribution in [3.05, 3.63) is 36.0 Å². The minimum Gasteiger partial charge on any atom is -0.381 e. The maximum Gasteiger partial charge on any atom is 0.319 e. The van der Waals surface area contributed by atoms with E-state index >= 15 is 0 Å². The third-order valence-electron chi connectivity index (χ3n) is 6.87. The Balaban J connectivity index is 1.81. The molecule has 2 aliphatic rings. The summed E-state index contributed by atoms with van der Waals surface area (Å²) in [5.41, 5.74) is 2.13. The lowest BCUT2D eigenvalue weighted by molar-refractivity contribution is 0.0238.